The summed E-state index contributed by atoms with van der Waals surface area (Å²) in [5.41, 5.74) is 7.94. The summed E-state index contributed by atoms with van der Waals surface area (Å²) < 4.78 is 13.1. The molecule has 0 unspecified atom stereocenters. The van der Waals surface area contributed by atoms with Crippen molar-refractivity contribution in [3.05, 3.63) is 56.5 Å². The first kappa shape index (κ1) is 22.8. The number of thioether (sulfide) groups is 1. The van der Waals surface area contributed by atoms with Gasteiger partial charge in [-0.25, -0.2) is 0 Å². The van der Waals surface area contributed by atoms with Crippen LogP contribution in [0.15, 0.2) is 55.5 Å². The predicted octanol–water partition coefficient (Wildman–Crippen LogP) is 5.98. The first-order valence-electron chi connectivity index (χ1n) is 8.87. The average molecular weight is 529 g/mol. The molecule has 0 bridgehead atoms. The highest BCUT2D eigenvalue weighted by Crippen LogP contribution is 2.42. The van der Waals surface area contributed by atoms with Gasteiger partial charge in [0, 0.05) is 15.8 Å². The molecule has 0 saturated carbocycles. The highest BCUT2D eigenvalue weighted by Gasteiger charge is 2.16. The molecule has 2 aromatic carbocycles. The molecule has 0 aromatic heterocycles. The minimum Gasteiger partial charge on any atom is -0.490 e. The van der Waals surface area contributed by atoms with Crippen LogP contribution in [-0.4, -0.2) is 24.6 Å². The van der Waals surface area contributed by atoms with Gasteiger partial charge in [0.1, 0.15) is 0 Å². The molecule has 0 aliphatic carbocycles. The fourth-order valence-corrected chi connectivity index (χ4v) is 3.76. The molecule has 5 nitrogen and oxygen atoms in total. The summed E-state index contributed by atoms with van der Waals surface area (Å²) in [7, 11) is 0. The van der Waals surface area contributed by atoms with Gasteiger partial charge in [-0.15, -0.1) is 5.10 Å². The number of rotatable bonds is 9. The quantitative estimate of drug-likeness (QED) is 0.247. The van der Waals surface area contributed by atoms with E-state index in [1.54, 1.807) is 6.21 Å². The molecule has 0 heterocycles. The Morgan fingerprint density at radius 3 is 2.57 bits per heavy atom. The monoisotopic (exact) mass is 527 g/mol. The molecule has 2 rings (SSSR count). The largest absolute Gasteiger partial charge is 0.490 e. The van der Waals surface area contributed by atoms with Gasteiger partial charge in [0.05, 0.1) is 23.9 Å². The molecule has 2 N–H and O–H groups in total. The van der Waals surface area contributed by atoms with Crippen molar-refractivity contribution in [3.8, 4) is 11.5 Å². The first-order chi connectivity index (χ1) is 13.6. The zero-order valence-corrected chi connectivity index (χ0v) is 19.8. The average Bonchev–Trinajstić information content (AvgIpc) is 2.71. The number of amidine groups is 1. The van der Waals surface area contributed by atoms with E-state index in [1.807, 2.05) is 31.2 Å². The van der Waals surface area contributed by atoms with E-state index in [-0.39, 0.29) is 0 Å². The molecule has 0 amide bonds. The van der Waals surface area contributed by atoms with Crippen LogP contribution in [0.5, 0.6) is 11.5 Å². The van der Waals surface area contributed by atoms with E-state index in [9.17, 15) is 0 Å². The molecule has 0 atom stereocenters. The summed E-state index contributed by atoms with van der Waals surface area (Å²) >= 11 is 8.60. The Morgan fingerprint density at radius 1 is 1.14 bits per heavy atom. The lowest BCUT2D eigenvalue weighted by molar-refractivity contribution is 0.275. The second kappa shape index (κ2) is 12.1. The van der Waals surface area contributed by atoms with Crippen molar-refractivity contribution in [2.45, 2.75) is 26.0 Å². The number of ether oxygens (including phenoxy) is 2. The Labute approximate surface area is 187 Å². The molecule has 0 spiro atoms. The second-order valence-corrected chi connectivity index (χ2v) is 8.24. The van der Waals surface area contributed by atoms with Crippen LogP contribution < -0.4 is 15.2 Å². The molecular weight excluding hydrogens is 506 g/mol. The lowest BCUT2D eigenvalue weighted by Gasteiger charge is -2.15. The van der Waals surface area contributed by atoms with E-state index in [0.29, 0.717) is 29.9 Å². The van der Waals surface area contributed by atoms with Gasteiger partial charge >= 0.3 is 0 Å². The molecule has 0 fully saturated rings. The summed E-state index contributed by atoms with van der Waals surface area (Å²) in [5.74, 6) is 2.08. The highest BCUT2D eigenvalue weighted by atomic mass is 79.9. The standard InChI is InChI=1S/C20H23Br2N3O2S/c1-3-10-27-19-16(26-4-2)11-15(17(21)18(19)22)12-24-25-20(23)28-13-14-8-6-5-7-9-14/h5-9,11-12H,3-4,10,13H2,1-2H3,(H2,23,25). The summed E-state index contributed by atoms with van der Waals surface area (Å²) in [4.78, 5) is 0. The first-order valence-corrected chi connectivity index (χ1v) is 11.4. The highest BCUT2D eigenvalue weighted by molar-refractivity contribution is 9.13. The van der Waals surface area contributed by atoms with Crippen LogP contribution in [0.1, 0.15) is 31.4 Å². The van der Waals surface area contributed by atoms with Crippen molar-refractivity contribution >= 4 is 55.0 Å². The van der Waals surface area contributed by atoms with Crippen molar-refractivity contribution in [2.75, 3.05) is 13.2 Å². The Morgan fingerprint density at radius 2 is 1.89 bits per heavy atom. The number of hydrogen-bond acceptors (Lipinski definition) is 5. The number of hydrogen-bond donors (Lipinski definition) is 1. The van der Waals surface area contributed by atoms with Crippen molar-refractivity contribution in [1.82, 2.24) is 0 Å². The Balaban J connectivity index is 2.13. The van der Waals surface area contributed by atoms with E-state index in [0.717, 1.165) is 26.7 Å². The summed E-state index contributed by atoms with van der Waals surface area (Å²) in [6.07, 6.45) is 2.55. The molecule has 0 aliphatic heterocycles. The molecule has 0 aliphatic rings. The van der Waals surface area contributed by atoms with Gasteiger partial charge in [0.2, 0.25) is 0 Å². The van der Waals surface area contributed by atoms with Crippen LogP contribution in [0, 0.1) is 0 Å². The molecule has 0 saturated heterocycles. The number of halogens is 2. The van der Waals surface area contributed by atoms with Crippen LogP contribution in [0.25, 0.3) is 0 Å². The van der Waals surface area contributed by atoms with Crippen LogP contribution in [0.4, 0.5) is 0 Å². The summed E-state index contributed by atoms with van der Waals surface area (Å²) in [5, 5.41) is 8.60. The summed E-state index contributed by atoms with van der Waals surface area (Å²) in [6, 6.07) is 12.0. The molecule has 28 heavy (non-hydrogen) atoms. The third-order valence-corrected chi connectivity index (χ3v) is 6.49. The van der Waals surface area contributed by atoms with Gasteiger partial charge in [-0.05, 0) is 56.8 Å². The van der Waals surface area contributed by atoms with Crippen LogP contribution >= 0.6 is 43.6 Å². The smallest absolute Gasteiger partial charge is 0.180 e. The van der Waals surface area contributed by atoms with Gasteiger partial charge in [0.25, 0.3) is 0 Å². The fraction of sp³-hybridized carbons (Fsp3) is 0.300. The van der Waals surface area contributed by atoms with Gasteiger partial charge in [-0.1, -0.05) is 49.0 Å². The van der Waals surface area contributed by atoms with Crippen molar-refractivity contribution < 1.29 is 9.47 Å². The van der Waals surface area contributed by atoms with E-state index >= 15 is 0 Å². The predicted molar refractivity (Wildman–Crippen MR) is 126 cm³/mol. The Bertz CT molecular complexity index is 830. The second-order valence-electron chi connectivity index (χ2n) is 5.66. The number of benzene rings is 2. The topological polar surface area (TPSA) is 69.2 Å². The van der Waals surface area contributed by atoms with E-state index < -0.39 is 0 Å². The fourth-order valence-electron chi connectivity index (χ4n) is 2.21. The van der Waals surface area contributed by atoms with Crippen LogP contribution in [-0.2, 0) is 5.75 Å². The minimum absolute atomic E-state index is 0.406. The van der Waals surface area contributed by atoms with Gasteiger partial charge in [0.15, 0.2) is 16.7 Å². The Hall–Kier alpha value is -1.51. The SMILES string of the molecule is CCCOc1c(OCC)cc(C=NN=C(N)SCc2ccccc2)c(Br)c1Br. The van der Waals surface area contributed by atoms with Gasteiger partial charge in [-0.2, -0.15) is 5.10 Å². The lowest BCUT2D eigenvalue weighted by atomic mass is 10.2. The molecule has 0 radical (unpaired) electrons. The van der Waals surface area contributed by atoms with Gasteiger partial charge < -0.3 is 15.2 Å². The van der Waals surface area contributed by atoms with Crippen molar-refractivity contribution in [1.29, 1.82) is 0 Å². The maximum atomic E-state index is 5.94. The zero-order valence-electron chi connectivity index (χ0n) is 15.8. The summed E-state index contributed by atoms with van der Waals surface area (Å²) in [6.45, 7) is 5.14. The van der Waals surface area contributed by atoms with Crippen molar-refractivity contribution in [2.24, 2.45) is 15.9 Å². The number of nitrogens with zero attached hydrogens (tertiary/aromatic N) is 2. The molecule has 2 aromatic rings. The Kier molecular flexibility index (Phi) is 9.87. The maximum absolute atomic E-state index is 5.94. The zero-order chi connectivity index (χ0) is 20.4. The molecule has 8 heteroatoms. The third-order valence-electron chi connectivity index (χ3n) is 3.49. The third kappa shape index (κ3) is 6.83. The van der Waals surface area contributed by atoms with Crippen molar-refractivity contribution in [3.63, 3.8) is 0 Å². The normalized spacial score (nSPS) is 11.8. The van der Waals surface area contributed by atoms with E-state index in [1.165, 1.54) is 17.3 Å². The maximum Gasteiger partial charge on any atom is 0.180 e. The van der Waals surface area contributed by atoms with E-state index in [4.69, 9.17) is 15.2 Å². The van der Waals surface area contributed by atoms with Crippen LogP contribution in [0.3, 0.4) is 0 Å². The minimum atomic E-state index is 0.406. The number of nitrogens with two attached hydrogens (primary N) is 1. The van der Waals surface area contributed by atoms with E-state index in [2.05, 4.69) is 61.1 Å². The lowest BCUT2D eigenvalue weighted by Crippen LogP contribution is -2.06. The molecular formula is C20H23Br2N3O2S. The van der Waals surface area contributed by atoms with Gasteiger partial charge in [-0.3, -0.25) is 0 Å². The van der Waals surface area contributed by atoms with Crippen LogP contribution in [0.2, 0.25) is 0 Å². The molecule has 150 valence electrons.